The Kier molecular flexibility index (Phi) is 4.41. The quantitative estimate of drug-likeness (QED) is 0.576. The number of carbonyl (C=O) groups excluding carboxylic acids is 1. The van der Waals surface area contributed by atoms with E-state index < -0.39 is 5.97 Å². The highest BCUT2D eigenvalue weighted by Crippen LogP contribution is 2.19. The SMILES string of the molecule is CC#CC(C)Oc1ccccc1C(=O)OC. The highest BCUT2D eigenvalue weighted by Gasteiger charge is 2.13. The van der Waals surface area contributed by atoms with Gasteiger partial charge in [-0.2, -0.15) is 0 Å². The Morgan fingerprint density at radius 1 is 1.38 bits per heavy atom. The van der Waals surface area contributed by atoms with E-state index in [2.05, 4.69) is 16.6 Å². The molecule has 1 unspecified atom stereocenters. The van der Waals surface area contributed by atoms with E-state index in [-0.39, 0.29) is 6.10 Å². The van der Waals surface area contributed by atoms with Gasteiger partial charge in [-0.05, 0) is 26.0 Å². The lowest BCUT2D eigenvalue weighted by molar-refractivity contribution is 0.0595. The normalized spacial score (nSPS) is 10.9. The lowest BCUT2D eigenvalue weighted by atomic mass is 10.2. The van der Waals surface area contributed by atoms with Gasteiger partial charge in [0, 0.05) is 0 Å². The van der Waals surface area contributed by atoms with Crippen molar-refractivity contribution in [1.82, 2.24) is 0 Å². The summed E-state index contributed by atoms with van der Waals surface area (Å²) in [5, 5.41) is 0. The van der Waals surface area contributed by atoms with Crippen molar-refractivity contribution >= 4 is 5.97 Å². The van der Waals surface area contributed by atoms with E-state index in [1.54, 1.807) is 31.2 Å². The number of methoxy groups -OCH3 is 1. The molecule has 1 atom stereocenters. The molecular weight excluding hydrogens is 204 g/mol. The first-order chi connectivity index (χ1) is 7.69. The number of hydrogen-bond donors (Lipinski definition) is 0. The van der Waals surface area contributed by atoms with Crippen molar-refractivity contribution in [3.05, 3.63) is 29.8 Å². The standard InChI is InChI=1S/C13H14O3/c1-4-7-10(2)16-12-9-6-5-8-11(12)13(14)15-3/h5-6,8-10H,1-3H3. The zero-order valence-corrected chi connectivity index (χ0v) is 9.61. The Bertz CT molecular complexity index is 426. The first kappa shape index (κ1) is 12.1. The van der Waals surface area contributed by atoms with Gasteiger partial charge in [-0.3, -0.25) is 0 Å². The van der Waals surface area contributed by atoms with Crippen LogP contribution in [-0.4, -0.2) is 19.2 Å². The fourth-order valence-electron chi connectivity index (χ4n) is 1.27. The first-order valence-electron chi connectivity index (χ1n) is 4.95. The molecule has 3 nitrogen and oxygen atoms in total. The second-order valence-corrected chi connectivity index (χ2v) is 3.14. The van der Waals surface area contributed by atoms with Crippen LogP contribution in [0.5, 0.6) is 5.75 Å². The maximum Gasteiger partial charge on any atom is 0.341 e. The Morgan fingerprint density at radius 3 is 2.69 bits per heavy atom. The minimum atomic E-state index is -0.410. The smallest absolute Gasteiger partial charge is 0.341 e. The van der Waals surface area contributed by atoms with Crippen LogP contribution >= 0.6 is 0 Å². The third-order valence-electron chi connectivity index (χ3n) is 1.94. The van der Waals surface area contributed by atoms with Crippen LogP contribution in [-0.2, 0) is 4.74 Å². The Morgan fingerprint density at radius 2 is 2.06 bits per heavy atom. The van der Waals surface area contributed by atoms with Crippen molar-refractivity contribution in [1.29, 1.82) is 0 Å². The minimum absolute atomic E-state index is 0.254. The molecule has 0 saturated heterocycles. The summed E-state index contributed by atoms with van der Waals surface area (Å²) in [6.45, 7) is 3.57. The number of benzene rings is 1. The van der Waals surface area contributed by atoms with Crippen LogP contribution in [0.25, 0.3) is 0 Å². The molecule has 0 bridgehead atoms. The van der Waals surface area contributed by atoms with Crippen LogP contribution in [0.3, 0.4) is 0 Å². The molecule has 0 saturated carbocycles. The molecule has 1 rings (SSSR count). The Hall–Kier alpha value is -1.95. The number of carbonyl (C=O) groups is 1. The second-order valence-electron chi connectivity index (χ2n) is 3.14. The van der Waals surface area contributed by atoms with Gasteiger partial charge in [-0.15, -0.1) is 5.92 Å². The summed E-state index contributed by atoms with van der Waals surface area (Å²) in [7, 11) is 1.34. The average molecular weight is 218 g/mol. The maximum absolute atomic E-state index is 11.4. The van der Waals surface area contributed by atoms with Crippen molar-refractivity contribution < 1.29 is 14.3 Å². The van der Waals surface area contributed by atoms with E-state index in [1.165, 1.54) is 7.11 Å². The summed E-state index contributed by atoms with van der Waals surface area (Å²) in [5.41, 5.74) is 0.412. The van der Waals surface area contributed by atoms with E-state index in [9.17, 15) is 4.79 Å². The van der Waals surface area contributed by atoms with Gasteiger partial charge in [-0.1, -0.05) is 18.1 Å². The molecule has 3 heteroatoms. The monoisotopic (exact) mass is 218 g/mol. The molecule has 0 heterocycles. The molecule has 0 aliphatic carbocycles. The molecule has 0 aromatic heterocycles. The third kappa shape index (κ3) is 3.03. The summed E-state index contributed by atoms with van der Waals surface area (Å²) in [6.07, 6.45) is -0.254. The van der Waals surface area contributed by atoms with Crippen LogP contribution < -0.4 is 4.74 Å². The lowest BCUT2D eigenvalue weighted by Crippen LogP contribution is -2.12. The van der Waals surface area contributed by atoms with E-state index in [0.717, 1.165) is 0 Å². The van der Waals surface area contributed by atoms with Gasteiger partial charge in [0.05, 0.1) is 7.11 Å². The fourth-order valence-corrected chi connectivity index (χ4v) is 1.27. The molecule has 1 aromatic carbocycles. The number of ether oxygens (including phenoxy) is 2. The summed E-state index contributed by atoms with van der Waals surface area (Å²) in [5.74, 6) is 5.69. The van der Waals surface area contributed by atoms with Gasteiger partial charge in [0.25, 0.3) is 0 Å². The van der Waals surface area contributed by atoms with Crippen LogP contribution in [0, 0.1) is 11.8 Å². The molecule has 0 fully saturated rings. The lowest BCUT2D eigenvalue weighted by Gasteiger charge is -2.12. The van der Waals surface area contributed by atoms with Crippen molar-refractivity contribution in [2.24, 2.45) is 0 Å². The van der Waals surface area contributed by atoms with Crippen LogP contribution in [0.15, 0.2) is 24.3 Å². The largest absolute Gasteiger partial charge is 0.477 e. The molecular formula is C13H14O3. The van der Waals surface area contributed by atoms with Crippen LogP contribution in [0.4, 0.5) is 0 Å². The van der Waals surface area contributed by atoms with E-state index in [4.69, 9.17) is 4.74 Å². The zero-order chi connectivity index (χ0) is 12.0. The maximum atomic E-state index is 11.4. The van der Waals surface area contributed by atoms with Crippen molar-refractivity contribution in [2.75, 3.05) is 7.11 Å². The van der Waals surface area contributed by atoms with E-state index in [1.807, 2.05) is 6.92 Å². The molecule has 0 radical (unpaired) electrons. The highest BCUT2D eigenvalue weighted by atomic mass is 16.5. The molecule has 16 heavy (non-hydrogen) atoms. The van der Waals surface area contributed by atoms with Crippen LogP contribution in [0.2, 0.25) is 0 Å². The van der Waals surface area contributed by atoms with Crippen molar-refractivity contribution in [2.45, 2.75) is 20.0 Å². The predicted molar refractivity (Wildman–Crippen MR) is 61.3 cm³/mol. The summed E-state index contributed by atoms with van der Waals surface area (Å²) in [6, 6.07) is 6.94. The highest BCUT2D eigenvalue weighted by molar-refractivity contribution is 5.92. The van der Waals surface area contributed by atoms with Crippen LogP contribution in [0.1, 0.15) is 24.2 Å². The van der Waals surface area contributed by atoms with E-state index >= 15 is 0 Å². The third-order valence-corrected chi connectivity index (χ3v) is 1.94. The number of rotatable bonds is 3. The second kappa shape index (κ2) is 5.82. The van der Waals surface area contributed by atoms with Gasteiger partial charge >= 0.3 is 5.97 Å². The molecule has 0 aliphatic heterocycles. The summed E-state index contributed by atoms with van der Waals surface area (Å²) >= 11 is 0. The van der Waals surface area contributed by atoms with E-state index in [0.29, 0.717) is 11.3 Å². The molecule has 0 aliphatic rings. The molecule has 0 amide bonds. The van der Waals surface area contributed by atoms with Crippen molar-refractivity contribution in [3.8, 4) is 17.6 Å². The Labute approximate surface area is 95.4 Å². The first-order valence-corrected chi connectivity index (χ1v) is 4.95. The number of esters is 1. The Balaban J connectivity index is 2.93. The zero-order valence-electron chi connectivity index (χ0n) is 9.61. The summed E-state index contributed by atoms with van der Waals surface area (Å²) < 4.78 is 10.2. The van der Waals surface area contributed by atoms with Gasteiger partial charge < -0.3 is 9.47 Å². The molecule has 1 aromatic rings. The number of para-hydroxylation sites is 1. The molecule has 84 valence electrons. The topological polar surface area (TPSA) is 35.5 Å². The average Bonchev–Trinajstić information content (AvgIpc) is 2.29. The molecule has 0 N–H and O–H groups in total. The minimum Gasteiger partial charge on any atom is -0.477 e. The summed E-state index contributed by atoms with van der Waals surface area (Å²) in [4.78, 5) is 11.4. The fraction of sp³-hybridized carbons (Fsp3) is 0.308. The molecule has 0 spiro atoms. The predicted octanol–water partition coefficient (Wildman–Crippen LogP) is 2.26. The van der Waals surface area contributed by atoms with Gasteiger partial charge in [0.2, 0.25) is 0 Å². The van der Waals surface area contributed by atoms with Gasteiger partial charge in [0.1, 0.15) is 11.3 Å². The van der Waals surface area contributed by atoms with Gasteiger partial charge in [0.15, 0.2) is 6.10 Å². The van der Waals surface area contributed by atoms with Crippen molar-refractivity contribution in [3.63, 3.8) is 0 Å². The van der Waals surface area contributed by atoms with Gasteiger partial charge in [-0.25, -0.2) is 4.79 Å². The number of hydrogen-bond acceptors (Lipinski definition) is 3.